The zero-order valence-electron chi connectivity index (χ0n) is 12.4. The molecule has 1 saturated carbocycles. The van der Waals surface area contributed by atoms with Gasteiger partial charge in [-0.05, 0) is 42.9 Å². The van der Waals surface area contributed by atoms with Crippen LogP contribution in [-0.2, 0) is 9.84 Å². The second-order valence-electron chi connectivity index (χ2n) is 5.80. The summed E-state index contributed by atoms with van der Waals surface area (Å²) in [5.41, 5.74) is 7.06. The Labute approximate surface area is 125 Å². The highest BCUT2D eigenvalue weighted by Crippen LogP contribution is 2.36. The average Bonchev–Trinajstić information content (AvgIpc) is 2.46. The van der Waals surface area contributed by atoms with Gasteiger partial charge in [0.2, 0.25) is 0 Å². The Kier molecular flexibility index (Phi) is 4.88. The Morgan fingerprint density at radius 2 is 2.10 bits per heavy atom. The van der Waals surface area contributed by atoms with Crippen molar-refractivity contribution in [3.63, 3.8) is 0 Å². The summed E-state index contributed by atoms with van der Waals surface area (Å²) in [4.78, 5) is 0. The third-order valence-corrected chi connectivity index (χ3v) is 5.98. The van der Waals surface area contributed by atoms with E-state index in [0.29, 0.717) is 12.8 Å². The molecule has 0 radical (unpaired) electrons. The van der Waals surface area contributed by atoms with E-state index in [9.17, 15) is 12.8 Å². The first kappa shape index (κ1) is 16.2. The molecule has 1 aliphatic carbocycles. The predicted molar refractivity (Wildman–Crippen MR) is 80.5 cm³/mol. The molecular formula is C15H22FNO3S. The van der Waals surface area contributed by atoms with Crippen LogP contribution in [0.1, 0.15) is 37.3 Å². The van der Waals surface area contributed by atoms with E-state index < -0.39 is 15.7 Å². The van der Waals surface area contributed by atoms with Gasteiger partial charge in [-0.25, -0.2) is 12.8 Å². The fraction of sp³-hybridized carbons (Fsp3) is 0.600. The van der Waals surface area contributed by atoms with Crippen molar-refractivity contribution in [2.24, 2.45) is 11.7 Å². The van der Waals surface area contributed by atoms with Gasteiger partial charge in [-0.1, -0.05) is 12.5 Å². The van der Waals surface area contributed by atoms with Crippen LogP contribution in [0.25, 0.3) is 0 Å². The Bertz CT molecular complexity index is 603. The fourth-order valence-corrected chi connectivity index (χ4v) is 4.24. The highest BCUT2D eigenvalue weighted by atomic mass is 32.2. The van der Waals surface area contributed by atoms with Gasteiger partial charge in [-0.2, -0.15) is 0 Å². The fourth-order valence-electron chi connectivity index (χ4n) is 3.05. The number of methoxy groups -OCH3 is 1. The van der Waals surface area contributed by atoms with E-state index in [4.69, 9.17) is 10.5 Å². The minimum atomic E-state index is -3.03. The van der Waals surface area contributed by atoms with Crippen molar-refractivity contribution in [2.75, 3.05) is 13.4 Å². The Morgan fingerprint density at radius 3 is 2.71 bits per heavy atom. The molecule has 1 aromatic carbocycles. The van der Waals surface area contributed by atoms with E-state index in [2.05, 4.69) is 0 Å². The number of ether oxygens (including phenoxy) is 1. The number of hydrogen-bond acceptors (Lipinski definition) is 4. The quantitative estimate of drug-likeness (QED) is 0.926. The molecule has 3 unspecified atom stereocenters. The monoisotopic (exact) mass is 315 g/mol. The molecule has 1 aliphatic rings. The third kappa shape index (κ3) is 3.74. The molecule has 0 aliphatic heterocycles. The van der Waals surface area contributed by atoms with Gasteiger partial charge < -0.3 is 10.5 Å². The molecule has 0 aromatic heterocycles. The standard InChI is InChI=1S/C15H22FNO3S/c1-20-14-9-11(6-7-13(14)16)15(17)10-4-3-5-12(8-10)21(2,18)19/h6-7,9-10,12,15H,3-5,8,17H2,1-2H3. The smallest absolute Gasteiger partial charge is 0.165 e. The minimum absolute atomic E-state index is 0.0913. The van der Waals surface area contributed by atoms with Crippen molar-refractivity contribution in [1.29, 1.82) is 0 Å². The first-order valence-electron chi connectivity index (χ1n) is 7.11. The van der Waals surface area contributed by atoms with Gasteiger partial charge in [0.05, 0.1) is 12.4 Å². The minimum Gasteiger partial charge on any atom is -0.494 e. The van der Waals surface area contributed by atoms with Crippen LogP contribution < -0.4 is 10.5 Å². The van der Waals surface area contributed by atoms with E-state index in [0.717, 1.165) is 18.4 Å². The number of hydrogen-bond donors (Lipinski definition) is 1. The maximum absolute atomic E-state index is 13.4. The largest absolute Gasteiger partial charge is 0.494 e. The Balaban J connectivity index is 2.17. The summed E-state index contributed by atoms with van der Waals surface area (Å²) in [6.07, 6.45) is 4.31. The van der Waals surface area contributed by atoms with E-state index in [1.165, 1.54) is 19.4 Å². The first-order valence-corrected chi connectivity index (χ1v) is 9.06. The lowest BCUT2D eigenvalue weighted by Gasteiger charge is -2.32. The van der Waals surface area contributed by atoms with E-state index in [1.807, 2.05) is 0 Å². The van der Waals surface area contributed by atoms with Gasteiger partial charge in [0.1, 0.15) is 9.84 Å². The van der Waals surface area contributed by atoms with Crippen LogP contribution in [0, 0.1) is 11.7 Å². The number of rotatable bonds is 4. The molecule has 0 spiro atoms. The maximum Gasteiger partial charge on any atom is 0.165 e. The summed E-state index contributed by atoms with van der Waals surface area (Å²) < 4.78 is 41.9. The van der Waals surface area contributed by atoms with E-state index in [-0.39, 0.29) is 23.0 Å². The topological polar surface area (TPSA) is 69.4 Å². The summed E-state index contributed by atoms with van der Waals surface area (Å²) in [6, 6.07) is 4.28. The van der Waals surface area contributed by atoms with E-state index in [1.54, 1.807) is 12.1 Å². The van der Waals surface area contributed by atoms with Crippen LogP contribution >= 0.6 is 0 Å². The molecule has 21 heavy (non-hydrogen) atoms. The lowest BCUT2D eigenvalue weighted by atomic mass is 9.81. The normalized spacial score (nSPS) is 24.6. The van der Waals surface area contributed by atoms with Crippen molar-refractivity contribution < 1.29 is 17.5 Å². The number of benzene rings is 1. The molecule has 0 bridgehead atoms. The molecule has 6 heteroatoms. The van der Waals surface area contributed by atoms with Gasteiger partial charge in [0, 0.05) is 12.3 Å². The van der Waals surface area contributed by atoms with Crippen LogP contribution in [0.3, 0.4) is 0 Å². The lowest BCUT2D eigenvalue weighted by molar-refractivity contribution is 0.307. The number of sulfone groups is 1. The molecule has 0 heterocycles. The highest BCUT2D eigenvalue weighted by Gasteiger charge is 2.32. The Morgan fingerprint density at radius 1 is 1.38 bits per heavy atom. The van der Waals surface area contributed by atoms with Gasteiger partial charge in [0.25, 0.3) is 0 Å². The van der Waals surface area contributed by atoms with Crippen molar-refractivity contribution in [2.45, 2.75) is 37.0 Å². The van der Waals surface area contributed by atoms with E-state index >= 15 is 0 Å². The molecule has 2 N–H and O–H groups in total. The SMILES string of the molecule is COc1cc(C(N)C2CCCC(S(C)(=O)=O)C2)ccc1F. The first-order chi connectivity index (χ1) is 9.82. The third-order valence-electron chi connectivity index (χ3n) is 4.34. The number of halogens is 1. The van der Waals surface area contributed by atoms with Crippen LogP contribution in [0.2, 0.25) is 0 Å². The van der Waals surface area contributed by atoms with Gasteiger partial charge in [0.15, 0.2) is 11.6 Å². The second-order valence-corrected chi connectivity index (χ2v) is 8.12. The lowest BCUT2D eigenvalue weighted by Crippen LogP contribution is -2.33. The average molecular weight is 315 g/mol. The second kappa shape index (κ2) is 6.32. The maximum atomic E-state index is 13.4. The van der Waals surface area contributed by atoms with Crippen molar-refractivity contribution in [3.05, 3.63) is 29.6 Å². The summed E-state index contributed by atoms with van der Waals surface area (Å²) in [7, 11) is -1.62. The van der Waals surface area contributed by atoms with Crippen molar-refractivity contribution in [1.82, 2.24) is 0 Å². The molecule has 0 saturated heterocycles. The van der Waals surface area contributed by atoms with Gasteiger partial charge in [-0.15, -0.1) is 0 Å². The summed E-state index contributed by atoms with van der Waals surface area (Å²) in [6.45, 7) is 0. The van der Waals surface area contributed by atoms with Gasteiger partial charge in [-0.3, -0.25) is 0 Å². The van der Waals surface area contributed by atoms with Crippen LogP contribution in [-0.4, -0.2) is 27.0 Å². The zero-order valence-corrected chi connectivity index (χ0v) is 13.2. The summed E-state index contributed by atoms with van der Waals surface area (Å²) in [5.74, 6) is -0.168. The Hall–Kier alpha value is -1.14. The van der Waals surface area contributed by atoms with Gasteiger partial charge >= 0.3 is 0 Å². The predicted octanol–water partition coefficient (Wildman–Crippen LogP) is 2.44. The molecule has 4 nitrogen and oxygen atoms in total. The molecular weight excluding hydrogens is 293 g/mol. The molecule has 118 valence electrons. The molecule has 0 amide bonds. The van der Waals surface area contributed by atoms with Crippen LogP contribution in [0.5, 0.6) is 5.75 Å². The van der Waals surface area contributed by atoms with Crippen molar-refractivity contribution in [3.8, 4) is 5.75 Å². The van der Waals surface area contributed by atoms with Crippen LogP contribution in [0.4, 0.5) is 4.39 Å². The molecule has 2 rings (SSSR count). The number of nitrogens with two attached hydrogens (primary N) is 1. The summed E-state index contributed by atoms with van der Waals surface area (Å²) >= 11 is 0. The summed E-state index contributed by atoms with van der Waals surface area (Å²) in [5, 5.41) is -0.315. The zero-order chi connectivity index (χ0) is 15.6. The van der Waals surface area contributed by atoms with Crippen molar-refractivity contribution >= 4 is 9.84 Å². The van der Waals surface area contributed by atoms with Crippen LogP contribution in [0.15, 0.2) is 18.2 Å². The molecule has 3 atom stereocenters. The molecule has 1 aromatic rings. The molecule has 1 fully saturated rings. The highest BCUT2D eigenvalue weighted by molar-refractivity contribution is 7.91.